The van der Waals surface area contributed by atoms with Gasteiger partial charge >= 0.3 is 0 Å². The van der Waals surface area contributed by atoms with Crippen LogP contribution in [-0.4, -0.2) is 95.1 Å². The number of nitrogens with zero attached hydrogens (tertiary/aromatic N) is 7. The zero-order valence-corrected chi connectivity index (χ0v) is 21.5. The second kappa shape index (κ2) is 11.0. The van der Waals surface area contributed by atoms with Gasteiger partial charge in [0.2, 0.25) is 5.95 Å². The highest BCUT2D eigenvalue weighted by Gasteiger charge is 2.24. The van der Waals surface area contributed by atoms with Crippen molar-refractivity contribution < 1.29 is 9.13 Å². The average Bonchev–Trinajstić information content (AvgIpc) is 3.28. The fourth-order valence-corrected chi connectivity index (χ4v) is 5.16. The van der Waals surface area contributed by atoms with Crippen molar-refractivity contribution in [2.24, 2.45) is 0 Å². The number of ether oxygens (including phenoxy) is 1. The highest BCUT2D eigenvalue weighted by atomic mass is 19.1. The maximum atomic E-state index is 13.7. The highest BCUT2D eigenvalue weighted by molar-refractivity contribution is 5.99. The van der Waals surface area contributed by atoms with Crippen LogP contribution in [0.5, 0.6) is 0 Å². The van der Waals surface area contributed by atoms with Gasteiger partial charge < -0.3 is 15.4 Å². The number of morpholine rings is 1. The van der Waals surface area contributed by atoms with Crippen LogP contribution in [0, 0.1) is 5.82 Å². The Balaban J connectivity index is 1.26. The number of benzene rings is 2. The van der Waals surface area contributed by atoms with Gasteiger partial charge in [-0.05, 0) is 29.8 Å². The van der Waals surface area contributed by atoms with Crippen molar-refractivity contribution in [3.63, 3.8) is 0 Å². The lowest BCUT2D eigenvalue weighted by Gasteiger charge is -2.36. The van der Waals surface area contributed by atoms with E-state index in [4.69, 9.17) is 25.5 Å². The highest BCUT2D eigenvalue weighted by Crippen LogP contribution is 2.33. The van der Waals surface area contributed by atoms with E-state index in [0.29, 0.717) is 35.0 Å². The van der Waals surface area contributed by atoms with Gasteiger partial charge in [0.1, 0.15) is 11.6 Å². The molecule has 4 heterocycles. The molecule has 2 aromatic carbocycles. The van der Waals surface area contributed by atoms with Gasteiger partial charge in [0, 0.05) is 57.9 Å². The van der Waals surface area contributed by atoms with Crippen LogP contribution in [0.1, 0.15) is 5.56 Å². The third-order valence-electron chi connectivity index (χ3n) is 7.41. The molecule has 2 fully saturated rings. The normalized spacial score (nSPS) is 17.3. The van der Waals surface area contributed by atoms with Crippen LogP contribution in [0.15, 0.2) is 54.6 Å². The molecule has 2 N–H and O–H groups in total. The van der Waals surface area contributed by atoms with Gasteiger partial charge in [-0.25, -0.2) is 14.1 Å². The number of nitrogens with two attached hydrogens (primary N) is 1. The Bertz CT molecular complexity index is 1360. The summed E-state index contributed by atoms with van der Waals surface area (Å²) in [6.07, 6.45) is 0. The van der Waals surface area contributed by atoms with Crippen LogP contribution in [-0.2, 0) is 11.3 Å². The summed E-state index contributed by atoms with van der Waals surface area (Å²) in [4.78, 5) is 17.0. The van der Waals surface area contributed by atoms with Crippen molar-refractivity contribution in [3.8, 4) is 11.3 Å². The van der Waals surface area contributed by atoms with Crippen LogP contribution in [0.25, 0.3) is 22.3 Å². The second-order valence-electron chi connectivity index (χ2n) is 9.89. The predicted octanol–water partition coefficient (Wildman–Crippen LogP) is 2.72. The van der Waals surface area contributed by atoms with Crippen LogP contribution < -0.4 is 10.6 Å². The Labute approximate surface area is 221 Å². The first-order valence-corrected chi connectivity index (χ1v) is 13.3. The monoisotopic (exact) mass is 516 g/mol. The molecule has 0 unspecified atom stereocenters. The average molecular weight is 517 g/mol. The number of hydrogen-bond acceptors (Lipinski definition) is 8. The Morgan fingerprint density at radius 3 is 2.21 bits per heavy atom. The third-order valence-corrected chi connectivity index (χ3v) is 7.41. The minimum absolute atomic E-state index is 0.291. The van der Waals surface area contributed by atoms with Crippen LogP contribution in [0.2, 0.25) is 0 Å². The van der Waals surface area contributed by atoms with Gasteiger partial charge in [0.15, 0.2) is 5.65 Å². The van der Waals surface area contributed by atoms with E-state index in [1.54, 1.807) is 16.8 Å². The number of anilines is 2. The smallest absolute Gasteiger partial charge is 0.228 e. The lowest BCUT2D eigenvalue weighted by atomic mass is 10.1. The van der Waals surface area contributed by atoms with E-state index in [1.165, 1.54) is 12.1 Å². The van der Waals surface area contributed by atoms with Gasteiger partial charge in [0.25, 0.3) is 0 Å². The topological polar surface area (TPSA) is 88.6 Å². The van der Waals surface area contributed by atoms with Crippen molar-refractivity contribution >= 4 is 22.8 Å². The minimum atomic E-state index is -0.291. The van der Waals surface area contributed by atoms with E-state index in [0.717, 1.165) is 76.7 Å². The molecule has 2 aliphatic rings. The molecule has 0 radical (unpaired) electrons. The first-order valence-electron chi connectivity index (χ1n) is 13.3. The summed E-state index contributed by atoms with van der Waals surface area (Å²) in [5.41, 5.74) is 9.72. The van der Waals surface area contributed by atoms with Crippen LogP contribution in [0.3, 0.4) is 0 Å². The SMILES string of the molecule is Nc1c2c(-c3ccc(F)cc3)nc(N3CCN(CCN4CCOCC4)CC3)nc2nn1Cc1ccccc1. The summed E-state index contributed by atoms with van der Waals surface area (Å²) < 4.78 is 21.0. The molecule has 6 rings (SSSR count). The van der Waals surface area contributed by atoms with Gasteiger partial charge in [-0.1, -0.05) is 30.3 Å². The van der Waals surface area contributed by atoms with Gasteiger partial charge in [-0.2, -0.15) is 4.98 Å². The Morgan fingerprint density at radius 1 is 0.816 bits per heavy atom. The standard InChI is InChI=1S/C28H33FN8O/c29-23-8-6-22(7-9-23)25-24-26(30)37(20-21-4-2-1-3-5-21)33-27(24)32-28(31-25)36-14-12-34(13-15-36)10-11-35-16-18-38-19-17-35/h1-9H,10-20,30H2. The van der Waals surface area contributed by atoms with E-state index in [1.807, 2.05) is 30.3 Å². The second-order valence-corrected chi connectivity index (χ2v) is 9.89. The van der Waals surface area contributed by atoms with Crippen molar-refractivity contribution in [3.05, 3.63) is 66.0 Å². The number of aromatic nitrogens is 4. The molecule has 198 valence electrons. The summed E-state index contributed by atoms with van der Waals surface area (Å²) in [6, 6.07) is 16.4. The molecular formula is C28H33FN8O. The summed E-state index contributed by atoms with van der Waals surface area (Å²) in [6.45, 7) is 9.89. The number of rotatable bonds is 7. The van der Waals surface area contributed by atoms with Crippen molar-refractivity contribution in [1.29, 1.82) is 0 Å². The molecule has 0 spiro atoms. The molecule has 0 aliphatic carbocycles. The van der Waals surface area contributed by atoms with E-state index in [9.17, 15) is 4.39 Å². The molecule has 9 nitrogen and oxygen atoms in total. The van der Waals surface area contributed by atoms with E-state index < -0.39 is 0 Å². The van der Waals surface area contributed by atoms with Crippen molar-refractivity contribution in [2.45, 2.75) is 6.54 Å². The van der Waals surface area contributed by atoms with Crippen LogP contribution >= 0.6 is 0 Å². The molecule has 0 atom stereocenters. The first kappa shape index (κ1) is 24.7. The maximum absolute atomic E-state index is 13.7. The van der Waals surface area contributed by atoms with E-state index in [2.05, 4.69) is 14.7 Å². The molecule has 0 amide bonds. The molecule has 4 aromatic rings. The minimum Gasteiger partial charge on any atom is -0.383 e. The number of hydrogen-bond donors (Lipinski definition) is 1. The molecular weight excluding hydrogens is 483 g/mol. The Hall–Kier alpha value is -3.60. The quantitative estimate of drug-likeness (QED) is 0.401. The molecule has 38 heavy (non-hydrogen) atoms. The van der Waals surface area contributed by atoms with Gasteiger partial charge in [-0.3, -0.25) is 9.80 Å². The zero-order chi connectivity index (χ0) is 25.9. The Morgan fingerprint density at radius 2 is 1.50 bits per heavy atom. The molecule has 10 heteroatoms. The van der Waals surface area contributed by atoms with E-state index in [-0.39, 0.29) is 5.82 Å². The molecule has 2 saturated heterocycles. The lowest BCUT2D eigenvalue weighted by Crippen LogP contribution is -2.49. The number of nitrogen functional groups attached to an aromatic ring is 1. The summed E-state index contributed by atoms with van der Waals surface area (Å²) in [5, 5.41) is 5.47. The summed E-state index contributed by atoms with van der Waals surface area (Å²) >= 11 is 0. The molecule has 2 aliphatic heterocycles. The predicted molar refractivity (Wildman–Crippen MR) is 147 cm³/mol. The van der Waals surface area contributed by atoms with Crippen LogP contribution in [0.4, 0.5) is 16.2 Å². The van der Waals surface area contributed by atoms with E-state index >= 15 is 0 Å². The largest absolute Gasteiger partial charge is 0.383 e. The zero-order valence-electron chi connectivity index (χ0n) is 21.5. The van der Waals surface area contributed by atoms with Crippen molar-refractivity contribution in [1.82, 2.24) is 29.5 Å². The first-order chi connectivity index (χ1) is 18.6. The summed E-state index contributed by atoms with van der Waals surface area (Å²) in [7, 11) is 0. The number of fused-ring (bicyclic) bond motifs is 1. The number of piperazine rings is 1. The fourth-order valence-electron chi connectivity index (χ4n) is 5.16. The lowest BCUT2D eigenvalue weighted by molar-refractivity contribution is 0.0331. The number of halogens is 1. The molecule has 0 saturated carbocycles. The molecule has 0 bridgehead atoms. The molecule has 2 aromatic heterocycles. The maximum Gasteiger partial charge on any atom is 0.228 e. The Kier molecular flexibility index (Phi) is 7.17. The summed E-state index contributed by atoms with van der Waals surface area (Å²) in [5.74, 6) is 0.844. The van der Waals surface area contributed by atoms with Crippen molar-refractivity contribution in [2.75, 3.05) is 76.2 Å². The third kappa shape index (κ3) is 5.33. The fraction of sp³-hybridized carbons (Fsp3) is 0.393. The van der Waals surface area contributed by atoms with Gasteiger partial charge in [0.05, 0.1) is 30.8 Å². The van der Waals surface area contributed by atoms with Gasteiger partial charge in [-0.15, -0.1) is 5.10 Å².